The van der Waals surface area contributed by atoms with Crippen LogP contribution in [0.2, 0.25) is 0 Å². The Labute approximate surface area is 129 Å². The van der Waals surface area contributed by atoms with E-state index in [2.05, 4.69) is 14.3 Å². The predicted octanol–water partition coefficient (Wildman–Crippen LogP) is -0.878. The van der Waals surface area contributed by atoms with Crippen LogP contribution in [0.4, 0.5) is 0 Å². The highest BCUT2D eigenvalue weighted by atomic mass is 31.0. The van der Waals surface area contributed by atoms with E-state index in [0.29, 0.717) is 28.7 Å². The number of hydrogen-bond donors (Lipinski definition) is 0. The molecule has 0 saturated carbocycles. The van der Waals surface area contributed by atoms with Crippen molar-refractivity contribution in [2.45, 2.75) is 6.92 Å². The maximum absolute atomic E-state index is 12.6. The summed E-state index contributed by atoms with van der Waals surface area (Å²) in [6, 6.07) is 3.50. The van der Waals surface area contributed by atoms with Crippen LogP contribution >= 0.6 is 9.24 Å². The van der Waals surface area contributed by atoms with Gasteiger partial charge in [-0.05, 0) is 24.5 Å². The Hall–Kier alpha value is -2.14. The standard InChI is InChI=1S/C14H15BN3O3P/c1-3-21-14(20)7-4-5-8-11(10(7)15)17(2)13(19)12-9(22)6-16-18(8)12/h4-6H,3,15,22H2,1-2H3. The minimum absolute atomic E-state index is 0.154. The van der Waals surface area contributed by atoms with Crippen molar-refractivity contribution in [2.75, 3.05) is 6.61 Å². The maximum Gasteiger partial charge on any atom is 0.337 e. The molecule has 0 bridgehead atoms. The fraction of sp³-hybridized carbons (Fsp3) is 0.214. The van der Waals surface area contributed by atoms with Gasteiger partial charge in [0.05, 0.1) is 29.4 Å². The zero-order valence-corrected chi connectivity index (χ0v) is 13.7. The van der Waals surface area contributed by atoms with Crippen molar-refractivity contribution in [2.24, 2.45) is 7.05 Å². The molecule has 0 aliphatic rings. The molecule has 1 unspecified atom stereocenters. The van der Waals surface area contributed by atoms with Crippen LogP contribution in [0, 0.1) is 0 Å². The molecule has 0 saturated heterocycles. The molecule has 6 nitrogen and oxygen atoms in total. The third-order valence-corrected chi connectivity index (χ3v) is 4.20. The van der Waals surface area contributed by atoms with E-state index in [9.17, 15) is 9.59 Å². The van der Waals surface area contributed by atoms with Crippen LogP contribution in [-0.2, 0) is 11.8 Å². The Morgan fingerprint density at radius 2 is 2.14 bits per heavy atom. The minimum Gasteiger partial charge on any atom is -0.462 e. The third kappa shape index (κ3) is 1.96. The van der Waals surface area contributed by atoms with Gasteiger partial charge in [-0.1, -0.05) is 0 Å². The molecule has 0 spiro atoms. The summed E-state index contributed by atoms with van der Waals surface area (Å²) in [5.74, 6) is -0.387. The Morgan fingerprint density at radius 3 is 2.82 bits per heavy atom. The second-order valence-corrected chi connectivity index (χ2v) is 5.67. The summed E-state index contributed by atoms with van der Waals surface area (Å²) in [4.78, 5) is 24.6. The summed E-state index contributed by atoms with van der Waals surface area (Å²) in [6.45, 7) is 2.07. The third-order valence-electron chi connectivity index (χ3n) is 3.77. The first-order chi connectivity index (χ1) is 10.5. The number of esters is 1. The number of hydrogen-bond acceptors (Lipinski definition) is 4. The lowest BCUT2D eigenvalue weighted by Gasteiger charge is -2.13. The maximum atomic E-state index is 12.6. The monoisotopic (exact) mass is 315 g/mol. The molecule has 3 rings (SSSR count). The number of fused-ring (bicyclic) bond motifs is 3. The Bertz CT molecular complexity index is 977. The largest absolute Gasteiger partial charge is 0.462 e. The average molecular weight is 315 g/mol. The van der Waals surface area contributed by atoms with E-state index in [-0.39, 0.29) is 11.5 Å². The predicted molar refractivity (Wildman–Crippen MR) is 91.4 cm³/mol. The van der Waals surface area contributed by atoms with Gasteiger partial charge in [-0.2, -0.15) is 5.10 Å². The van der Waals surface area contributed by atoms with Crippen LogP contribution in [-0.4, -0.2) is 34.6 Å². The van der Waals surface area contributed by atoms with Gasteiger partial charge in [0.2, 0.25) is 0 Å². The molecule has 0 amide bonds. The molecule has 112 valence electrons. The normalized spacial score (nSPS) is 11.2. The first kappa shape index (κ1) is 14.8. The summed E-state index contributed by atoms with van der Waals surface area (Å²) in [5.41, 5.74) is 2.98. The van der Waals surface area contributed by atoms with E-state index in [0.717, 1.165) is 10.8 Å². The van der Waals surface area contributed by atoms with Gasteiger partial charge in [-0.3, -0.25) is 4.79 Å². The summed E-state index contributed by atoms with van der Waals surface area (Å²) >= 11 is 0. The van der Waals surface area contributed by atoms with Gasteiger partial charge in [0.25, 0.3) is 5.56 Å². The molecule has 0 aliphatic carbocycles. The number of carbonyl (C=O) groups is 1. The van der Waals surface area contributed by atoms with Crippen LogP contribution in [0.1, 0.15) is 17.3 Å². The molecular weight excluding hydrogens is 300 g/mol. The van der Waals surface area contributed by atoms with Gasteiger partial charge in [0.15, 0.2) is 0 Å². The van der Waals surface area contributed by atoms with E-state index in [1.54, 1.807) is 41.4 Å². The van der Waals surface area contributed by atoms with Crippen molar-refractivity contribution in [3.63, 3.8) is 0 Å². The average Bonchev–Trinajstić information content (AvgIpc) is 2.87. The quantitative estimate of drug-likeness (QED) is 0.350. The van der Waals surface area contributed by atoms with Gasteiger partial charge in [-0.25, -0.2) is 9.31 Å². The Balaban J connectivity index is 2.46. The first-order valence-electron chi connectivity index (χ1n) is 6.90. The van der Waals surface area contributed by atoms with E-state index in [4.69, 9.17) is 4.74 Å². The molecular formula is C14H15BN3O3P. The van der Waals surface area contributed by atoms with Crippen LogP contribution in [0.3, 0.4) is 0 Å². The van der Waals surface area contributed by atoms with Crippen molar-refractivity contribution in [3.05, 3.63) is 34.2 Å². The van der Waals surface area contributed by atoms with Crippen LogP contribution in [0.5, 0.6) is 0 Å². The highest BCUT2D eigenvalue weighted by Crippen LogP contribution is 2.14. The summed E-state index contributed by atoms with van der Waals surface area (Å²) in [5, 5.41) is 5.01. The topological polar surface area (TPSA) is 65.6 Å². The molecule has 22 heavy (non-hydrogen) atoms. The molecule has 0 aliphatic heterocycles. The lowest BCUT2D eigenvalue weighted by Crippen LogP contribution is -2.29. The van der Waals surface area contributed by atoms with Crippen molar-refractivity contribution in [1.29, 1.82) is 0 Å². The van der Waals surface area contributed by atoms with Crippen molar-refractivity contribution < 1.29 is 9.53 Å². The molecule has 1 aromatic carbocycles. The number of ether oxygens (including phenoxy) is 1. The lowest BCUT2D eigenvalue weighted by atomic mass is 9.88. The number of carbonyl (C=O) groups excluding carboxylic acids is 1. The second kappa shape index (κ2) is 5.25. The summed E-state index contributed by atoms with van der Waals surface area (Å²) in [7, 11) is 6.03. The zero-order chi connectivity index (χ0) is 16.0. The number of benzene rings is 1. The van der Waals surface area contributed by atoms with E-state index in [1.807, 2.05) is 7.85 Å². The first-order valence-corrected chi connectivity index (χ1v) is 7.47. The van der Waals surface area contributed by atoms with Crippen molar-refractivity contribution in [1.82, 2.24) is 14.2 Å². The molecule has 2 aromatic heterocycles. The molecule has 0 N–H and O–H groups in total. The molecule has 0 radical (unpaired) electrons. The second-order valence-electron chi connectivity index (χ2n) is 5.05. The minimum atomic E-state index is -0.387. The zero-order valence-electron chi connectivity index (χ0n) is 12.6. The van der Waals surface area contributed by atoms with Crippen LogP contribution < -0.4 is 16.3 Å². The summed E-state index contributed by atoms with van der Waals surface area (Å²) in [6.07, 6.45) is 1.63. The SMILES string of the molecule is Bc1c(C(=O)OCC)ccc2c1n(C)c(=O)c1c(P)cnn12. The van der Waals surface area contributed by atoms with E-state index >= 15 is 0 Å². The van der Waals surface area contributed by atoms with Gasteiger partial charge in [-0.15, -0.1) is 9.24 Å². The fourth-order valence-electron chi connectivity index (χ4n) is 2.73. The summed E-state index contributed by atoms with van der Waals surface area (Å²) < 4.78 is 8.23. The van der Waals surface area contributed by atoms with E-state index < -0.39 is 0 Å². The number of aromatic nitrogens is 3. The Morgan fingerprint density at radius 1 is 1.41 bits per heavy atom. The number of aryl methyl sites for hydroxylation is 1. The van der Waals surface area contributed by atoms with Gasteiger partial charge in [0, 0.05) is 12.4 Å². The smallest absolute Gasteiger partial charge is 0.337 e. The molecule has 3 aromatic rings. The highest BCUT2D eigenvalue weighted by molar-refractivity contribution is 7.28. The van der Waals surface area contributed by atoms with Crippen LogP contribution in [0.15, 0.2) is 23.1 Å². The van der Waals surface area contributed by atoms with Gasteiger partial charge < -0.3 is 9.30 Å². The molecule has 1 atom stereocenters. The van der Waals surface area contributed by atoms with Crippen LogP contribution in [0.25, 0.3) is 16.6 Å². The van der Waals surface area contributed by atoms with Gasteiger partial charge >= 0.3 is 5.97 Å². The number of rotatable bonds is 2. The lowest BCUT2D eigenvalue weighted by molar-refractivity contribution is 0.0528. The van der Waals surface area contributed by atoms with Gasteiger partial charge in [0.1, 0.15) is 13.4 Å². The number of nitrogens with zero attached hydrogens (tertiary/aromatic N) is 3. The molecule has 8 heteroatoms. The Kier molecular flexibility index (Phi) is 3.53. The van der Waals surface area contributed by atoms with E-state index in [1.165, 1.54) is 0 Å². The molecule has 0 fully saturated rings. The highest BCUT2D eigenvalue weighted by Gasteiger charge is 2.18. The van der Waals surface area contributed by atoms with Crippen molar-refractivity contribution >= 4 is 50.4 Å². The molecule has 2 heterocycles. The fourth-order valence-corrected chi connectivity index (χ4v) is 3.04. The van der Waals surface area contributed by atoms with Crippen molar-refractivity contribution in [3.8, 4) is 0 Å².